The number of nitrogens with one attached hydrogen (secondary N) is 1. The fraction of sp³-hybridized carbons (Fsp3) is 0.533. The van der Waals surface area contributed by atoms with Crippen LogP contribution >= 0.6 is 23.2 Å². The van der Waals surface area contributed by atoms with Gasteiger partial charge in [0.05, 0.1) is 22.3 Å². The van der Waals surface area contributed by atoms with Gasteiger partial charge in [0.25, 0.3) is 0 Å². The van der Waals surface area contributed by atoms with Gasteiger partial charge < -0.3 is 10.4 Å². The van der Waals surface area contributed by atoms with Crippen molar-refractivity contribution in [3.8, 4) is 0 Å². The van der Waals surface area contributed by atoms with Crippen LogP contribution < -0.4 is 5.32 Å². The Balaban J connectivity index is 1.87. The number of anilines is 1. The van der Waals surface area contributed by atoms with Crippen molar-refractivity contribution < 1.29 is 9.90 Å². The van der Waals surface area contributed by atoms with E-state index in [1.165, 1.54) is 0 Å². The number of hydrogen-bond donors (Lipinski definition) is 2. The Labute approximate surface area is 135 Å². The standard InChI is InChI=1S/C15H20Cl2N2O2/c16-12-5-3-6-13(17)15(12)18-14(21)7-9-19-8-2-1-4-11(19)10-20/h3,5-6,11,20H,1-2,4,7-10H2,(H,18,21). The fourth-order valence-corrected chi connectivity index (χ4v) is 3.12. The topological polar surface area (TPSA) is 52.6 Å². The Hall–Kier alpha value is -0.810. The number of rotatable bonds is 5. The largest absolute Gasteiger partial charge is 0.395 e. The Morgan fingerprint density at radius 1 is 1.33 bits per heavy atom. The van der Waals surface area contributed by atoms with Crippen LogP contribution in [0.3, 0.4) is 0 Å². The SMILES string of the molecule is O=C(CCN1CCCCC1CO)Nc1c(Cl)cccc1Cl. The number of nitrogens with zero attached hydrogens (tertiary/aromatic N) is 1. The maximum absolute atomic E-state index is 12.0. The number of hydrogen-bond acceptors (Lipinski definition) is 3. The summed E-state index contributed by atoms with van der Waals surface area (Å²) in [5.74, 6) is -0.118. The summed E-state index contributed by atoms with van der Waals surface area (Å²) in [4.78, 5) is 14.2. The molecule has 1 aromatic rings. The van der Waals surface area contributed by atoms with Crippen LogP contribution in [-0.2, 0) is 4.79 Å². The molecule has 0 aliphatic carbocycles. The van der Waals surface area contributed by atoms with Gasteiger partial charge in [-0.1, -0.05) is 35.7 Å². The van der Waals surface area contributed by atoms with Gasteiger partial charge in [-0.05, 0) is 31.5 Å². The van der Waals surface area contributed by atoms with Crippen molar-refractivity contribution >= 4 is 34.8 Å². The molecule has 1 saturated heterocycles. The van der Waals surface area contributed by atoms with E-state index < -0.39 is 0 Å². The van der Waals surface area contributed by atoms with E-state index >= 15 is 0 Å². The Bertz CT molecular complexity index is 476. The summed E-state index contributed by atoms with van der Waals surface area (Å²) in [7, 11) is 0. The van der Waals surface area contributed by atoms with Gasteiger partial charge in [-0.25, -0.2) is 0 Å². The summed E-state index contributed by atoms with van der Waals surface area (Å²) >= 11 is 12.1. The van der Waals surface area contributed by atoms with Gasteiger partial charge in [-0.3, -0.25) is 9.69 Å². The number of para-hydroxylation sites is 1. The van der Waals surface area contributed by atoms with E-state index in [1.807, 2.05) is 0 Å². The lowest BCUT2D eigenvalue weighted by atomic mass is 10.0. The smallest absolute Gasteiger partial charge is 0.225 e. The second-order valence-electron chi connectivity index (χ2n) is 5.26. The van der Waals surface area contributed by atoms with Crippen molar-refractivity contribution in [2.24, 2.45) is 0 Å². The zero-order valence-electron chi connectivity index (χ0n) is 11.8. The summed E-state index contributed by atoms with van der Waals surface area (Å²) in [5.41, 5.74) is 0.461. The summed E-state index contributed by atoms with van der Waals surface area (Å²) in [6.45, 7) is 1.72. The Morgan fingerprint density at radius 2 is 2.05 bits per heavy atom. The Morgan fingerprint density at radius 3 is 2.71 bits per heavy atom. The second-order valence-corrected chi connectivity index (χ2v) is 6.08. The quantitative estimate of drug-likeness (QED) is 0.871. The second kappa shape index (κ2) is 7.99. The lowest BCUT2D eigenvalue weighted by molar-refractivity contribution is -0.116. The predicted octanol–water partition coefficient (Wildman–Crippen LogP) is 3.17. The van der Waals surface area contributed by atoms with Crippen LogP contribution in [0.2, 0.25) is 10.0 Å². The molecule has 0 aromatic heterocycles. The molecule has 1 aromatic carbocycles. The molecular weight excluding hydrogens is 311 g/mol. The Kier molecular flexibility index (Phi) is 6.30. The highest BCUT2D eigenvalue weighted by molar-refractivity contribution is 6.39. The monoisotopic (exact) mass is 330 g/mol. The molecule has 0 radical (unpaired) electrons. The van der Waals surface area contributed by atoms with Crippen molar-refractivity contribution in [2.45, 2.75) is 31.7 Å². The zero-order chi connectivity index (χ0) is 15.2. The minimum Gasteiger partial charge on any atom is -0.395 e. The van der Waals surface area contributed by atoms with Crippen LogP contribution in [0.15, 0.2) is 18.2 Å². The highest BCUT2D eigenvalue weighted by Gasteiger charge is 2.22. The summed E-state index contributed by atoms with van der Waals surface area (Å²) < 4.78 is 0. The zero-order valence-corrected chi connectivity index (χ0v) is 13.3. The van der Waals surface area contributed by atoms with Gasteiger partial charge in [0, 0.05) is 19.0 Å². The van der Waals surface area contributed by atoms with Crippen molar-refractivity contribution in [1.82, 2.24) is 4.90 Å². The summed E-state index contributed by atoms with van der Waals surface area (Å²) in [5, 5.41) is 13.0. The summed E-state index contributed by atoms with van der Waals surface area (Å²) in [6.07, 6.45) is 3.62. The normalized spacial score (nSPS) is 19.5. The first-order valence-corrected chi connectivity index (χ1v) is 7.96. The van der Waals surface area contributed by atoms with Crippen molar-refractivity contribution in [3.63, 3.8) is 0 Å². The summed E-state index contributed by atoms with van der Waals surface area (Å²) in [6, 6.07) is 5.29. The number of carbonyl (C=O) groups is 1. The average molecular weight is 331 g/mol. The van der Waals surface area contributed by atoms with Crippen LogP contribution in [0.25, 0.3) is 0 Å². The molecule has 1 amide bonds. The molecule has 2 N–H and O–H groups in total. The van der Waals surface area contributed by atoms with E-state index in [-0.39, 0.29) is 18.6 Å². The van der Waals surface area contributed by atoms with Gasteiger partial charge in [-0.15, -0.1) is 0 Å². The number of aliphatic hydroxyl groups is 1. The van der Waals surface area contributed by atoms with Gasteiger partial charge in [-0.2, -0.15) is 0 Å². The maximum atomic E-state index is 12.0. The first-order valence-electron chi connectivity index (χ1n) is 7.20. The molecule has 2 rings (SSSR count). The van der Waals surface area contributed by atoms with Gasteiger partial charge in [0.15, 0.2) is 0 Å². The van der Waals surface area contributed by atoms with E-state index in [1.54, 1.807) is 18.2 Å². The minimum absolute atomic E-state index is 0.118. The molecule has 0 bridgehead atoms. The third-order valence-electron chi connectivity index (χ3n) is 3.81. The molecule has 1 unspecified atom stereocenters. The van der Waals surface area contributed by atoms with Gasteiger partial charge >= 0.3 is 0 Å². The van der Waals surface area contributed by atoms with Gasteiger partial charge in [0.2, 0.25) is 5.91 Å². The lowest BCUT2D eigenvalue weighted by Gasteiger charge is -2.34. The van der Waals surface area contributed by atoms with E-state index in [4.69, 9.17) is 23.2 Å². The van der Waals surface area contributed by atoms with Crippen LogP contribution in [0, 0.1) is 0 Å². The number of aliphatic hydroxyl groups excluding tert-OH is 1. The van der Waals surface area contributed by atoms with Crippen molar-refractivity contribution in [2.75, 3.05) is 25.0 Å². The first-order chi connectivity index (χ1) is 10.1. The number of carbonyl (C=O) groups excluding carboxylic acids is 1. The number of likely N-dealkylation sites (tertiary alicyclic amines) is 1. The van der Waals surface area contributed by atoms with Crippen LogP contribution in [0.1, 0.15) is 25.7 Å². The highest BCUT2D eigenvalue weighted by Crippen LogP contribution is 2.29. The van der Waals surface area contributed by atoms with Gasteiger partial charge in [0.1, 0.15) is 0 Å². The third-order valence-corrected chi connectivity index (χ3v) is 4.44. The molecule has 1 aliphatic rings. The molecule has 6 heteroatoms. The molecule has 1 aliphatic heterocycles. The lowest BCUT2D eigenvalue weighted by Crippen LogP contribution is -2.43. The first kappa shape index (κ1) is 16.6. The number of piperidine rings is 1. The van der Waals surface area contributed by atoms with Crippen molar-refractivity contribution in [3.05, 3.63) is 28.2 Å². The van der Waals surface area contributed by atoms with Crippen LogP contribution in [-0.4, -0.2) is 41.7 Å². The predicted molar refractivity (Wildman–Crippen MR) is 86.0 cm³/mol. The molecule has 4 nitrogen and oxygen atoms in total. The molecule has 21 heavy (non-hydrogen) atoms. The fourth-order valence-electron chi connectivity index (χ4n) is 2.63. The molecule has 0 saturated carbocycles. The molecule has 116 valence electrons. The number of halogens is 2. The average Bonchev–Trinajstić information content (AvgIpc) is 2.49. The van der Waals surface area contributed by atoms with E-state index in [0.717, 1.165) is 25.8 Å². The maximum Gasteiger partial charge on any atom is 0.225 e. The number of benzene rings is 1. The minimum atomic E-state index is -0.118. The van der Waals surface area contributed by atoms with Crippen LogP contribution in [0.4, 0.5) is 5.69 Å². The molecule has 1 atom stereocenters. The molecule has 1 fully saturated rings. The van der Waals surface area contributed by atoms with E-state index in [2.05, 4.69) is 10.2 Å². The molecule has 0 spiro atoms. The van der Waals surface area contributed by atoms with Crippen molar-refractivity contribution in [1.29, 1.82) is 0 Å². The molecular formula is C15H20Cl2N2O2. The number of amides is 1. The van der Waals surface area contributed by atoms with E-state index in [9.17, 15) is 9.90 Å². The van der Waals surface area contributed by atoms with E-state index in [0.29, 0.717) is 28.7 Å². The van der Waals surface area contributed by atoms with Crippen LogP contribution in [0.5, 0.6) is 0 Å². The third kappa shape index (κ3) is 4.58. The molecule has 1 heterocycles. The highest BCUT2D eigenvalue weighted by atomic mass is 35.5.